The number of nitrogens with one attached hydrogen (secondary N) is 1. The van der Waals surface area contributed by atoms with Gasteiger partial charge in [0.15, 0.2) is 5.58 Å². The van der Waals surface area contributed by atoms with E-state index < -0.39 is 11.7 Å². The molecule has 0 unspecified atom stereocenters. The number of hydrazine groups is 1. The molecule has 6 heteroatoms. The number of benzene rings is 1. The van der Waals surface area contributed by atoms with Gasteiger partial charge in [-0.15, -0.1) is 0 Å². The summed E-state index contributed by atoms with van der Waals surface area (Å²) >= 11 is 0. The Morgan fingerprint density at radius 1 is 1.53 bits per heavy atom. The highest BCUT2D eigenvalue weighted by atomic mass is 16.4. The van der Waals surface area contributed by atoms with E-state index in [0.717, 1.165) is 0 Å². The Bertz CT molecular complexity index is 582. The minimum Gasteiger partial charge on any atom is -0.408 e. The number of carbonyl (C=O) groups excluding carboxylic acids is 1. The summed E-state index contributed by atoms with van der Waals surface area (Å²) in [5.74, 6) is 4.13. The average Bonchev–Trinajstić information content (AvgIpc) is 2.54. The quantitative estimate of drug-likeness (QED) is 0.383. The SMILES string of the molecule is Cn1c(=O)oc2ccc(C(=O)NN)cc21. The van der Waals surface area contributed by atoms with Crippen molar-refractivity contribution >= 4 is 17.0 Å². The van der Waals surface area contributed by atoms with Crippen molar-refractivity contribution in [1.29, 1.82) is 0 Å². The molecule has 3 N–H and O–H groups in total. The monoisotopic (exact) mass is 207 g/mol. The van der Waals surface area contributed by atoms with E-state index in [-0.39, 0.29) is 0 Å². The number of aryl methyl sites for hydroxylation is 1. The van der Waals surface area contributed by atoms with Gasteiger partial charge in [-0.25, -0.2) is 10.6 Å². The minimum atomic E-state index is -0.463. The molecule has 0 aliphatic rings. The molecule has 78 valence electrons. The number of fused-ring (bicyclic) bond motifs is 1. The highest BCUT2D eigenvalue weighted by molar-refractivity contribution is 5.96. The number of nitrogens with two attached hydrogens (primary N) is 1. The van der Waals surface area contributed by atoms with E-state index >= 15 is 0 Å². The van der Waals surface area contributed by atoms with Crippen LogP contribution in [0.1, 0.15) is 10.4 Å². The maximum Gasteiger partial charge on any atom is 0.419 e. The van der Waals surface area contributed by atoms with Gasteiger partial charge in [-0.3, -0.25) is 14.8 Å². The molecule has 1 aromatic heterocycles. The molecule has 0 fully saturated rings. The van der Waals surface area contributed by atoms with Crippen LogP contribution in [0.2, 0.25) is 0 Å². The van der Waals surface area contributed by atoms with Crippen molar-refractivity contribution < 1.29 is 9.21 Å². The van der Waals surface area contributed by atoms with E-state index in [4.69, 9.17) is 10.3 Å². The molecule has 0 aliphatic carbocycles. The Balaban J connectivity index is 2.69. The first-order valence-electron chi connectivity index (χ1n) is 4.24. The first kappa shape index (κ1) is 9.47. The van der Waals surface area contributed by atoms with Gasteiger partial charge in [0.1, 0.15) is 0 Å². The van der Waals surface area contributed by atoms with Crippen LogP contribution in [0, 0.1) is 0 Å². The van der Waals surface area contributed by atoms with Crippen LogP contribution in [0.3, 0.4) is 0 Å². The summed E-state index contributed by atoms with van der Waals surface area (Å²) in [5, 5.41) is 0. The lowest BCUT2D eigenvalue weighted by Crippen LogP contribution is -2.29. The molecule has 2 rings (SSSR count). The van der Waals surface area contributed by atoms with Crippen molar-refractivity contribution in [3.8, 4) is 0 Å². The first-order valence-corrected chi connectivity index (χ1v) is 4.24. The number of amides is 1. The van der Waals surface area contributed by atoms with Crippen molar-refractivity contribution in [3.05, 3.63) is 34.3 Å². The fourth-order valence-electron chi connectivity index (χ4n) is 1.35. The van der Waals surface area contributed by atoms with E-state index in [9.17, 15) is 9.59 Å². The predicted octanol–water partition coefficient (Wildman–Crippen LogP) is -0.265. The van der Waals surface area contributed by atoms with Crippen LogP contribution in [0.25, 0.3) is 11.1 Å². The van der Waals surface area contributed by atoms with Crippen molar-refractivity contribution in [3.63, 3.8) is 0 Å². The van der Waals surface area contributed by atoms with Crippen LogP contribution in [0.5, 0.6) is 0 Å². The lowest BCUT2D eigenvalue weighted by molar-refractivity contribution is 0.0954. The van der Waals surface area contributed by atoms with E-state index in [2.05, 4.69) is 0 Å². The van der Waals surface area contributed by atoms with Gasteiger partial charge in [0, 0.05) is 12.6 Å². The molecule has 1 heterocycles. The van der Waals surface area contributed by atoms with E-state index in [1.165, 1.54) is 10.6 Å². The first-order chi connectivity index (χ1) is 7.13. The predicted molar refractivity (Wildman–Crippen MR) is 53.1 cm³/mol. The van der Waals surface area contributed by atoms with Gasteiger partial charge in [-0.05, 0) is 18.2 Å². The van der Waals surface area contributed by atoms with Gasteiger partial charge < -0.3 is 4.42 Å². The molecule has 0 bridgehead atoms. The van der Waals surface area contributed by atoms with Crippen molar-refractivity contribution in [2.75, 3.05) is 0 Å². The van der Waals surface area contributed by atoms with Crippen molar-refractivity contribution in [2.45, 2.75) is 0 Å². The number of rotatable bonds is 1. The number of carbonyl (C=O) groups is 1. The molecule has 6 nitrogen and oxygen atoms in total. The Labute approximate surface area is 84.2 Å². The molecular formula is C9H9N3O3. The smallest absolute Gasteiger partial charge is 0.408 e. The van der Waals surface area contributed by atoms with Crippen LogP contribution < -0.4 is 17.0 Å². The third-order valence-corrected chi connectivity index (χ3v) is 2.18. The number of aromatic nitrogens is 1. The average molecular weight is 207 g/mol. The summed E-state index contributed by atoms with van der Waals surface area (Å²) in [7, 11) is 1.57. The summed E-state index contributed by atoms with van der Waals surface area (Å²) in [6, 6.07) is 4.64. The number of nitrogens with zero attached hydrogens (tertiary/aromatic N) is 1. The topological polar surface area (TPSA) is 90.3 Å². The molecule has 1 aromatic carbocycles. The molecule has 0 saturated carbocycles. The number of hydrogen-bond donors (Lipinski definition) is 2. The summed E-state index contributed by atoms with van der Waals surface area (Å²) < 4.78 is 6.23. The Hall–Kier alpha value is -2.08. The Morgan fingerprint density at radius 3 is 2.93 bits per heavy atom. The molecule has 0 spiro atoms. The fourth-order valence-corrected chi connectivity index (χ4v) is 1.35. The second-order valence-corrected chi connectivity index (χ2v) is 3.08. The zero-order valence-electron chi connectivity index (χ0n) is 7.98. The summed E-state index contributed by atoms with van der Waals surface area (Å²) in [6.07, 6.45) is 0. The Kier molecular flexibility index (Phi) is 2.05. The number of nitrogen functional groups attached to an aromatic ring is 1. The van der Waals surface area contributed by atoms with Gasteiger partial charge in [0.05, 0.1) is 5.52 Å². The van der Waals surface area contributed by atoms with Crippen LogP contribution in [-0.2, 0) is 7.05 Å². The fraction of sp³-hybridized carbons (Fsp3) is 0.111. The van der Waals surface area contributed by atoms with E-state index in [1.54, 1.807) is 19.2 Å². The Morgan fingerprint density at radius 2 is 2.27 bits per heavy atom. The highest BCUT2D eigenvalue weighted by Crippen LogP contribution is 2.13. The van der Waals surface area contributed by atoms with Crippen LogP contribution in [0.4, 0.5) is 0 Å². The van der Waals surface area contributed by atoms with E-state index in [1.807, 2.05) is 5.43 Å². The second-order valence-electron chi connectivity index (χ2n) is 3.08. The zero-order valence-corrected chi connectivity index (χ0v) is 7.98. The van der Waals surface area contributed by atoms with E-state index in [0.29, 0.717) is 16.7 Å². The lowest BCUT2D eigenvalue weighted by atomic mass is 10.2. The van der Waals surface area contributed by atoms with Crippen molar-refractivity contribution in [1.82, 2.24) is 9.99 Å². The number of hydrogen-bond acceptors (Lipinski definition) is 4. The van der Waals surface area contributed by atoms with Gasteiger partial charge in [-0.2, -0.15) is 0 Å². The van der Waals surface area contributed by atoms with Gasteiger partial charge in [-0.1, -0.05) is 0 Å². The van der Waals surface area contributed by atoms with Gasteiger partial charge in [0.2, 0.25) is 0 Å². The third-order valence-electron chi connectivity index (χ3n) is 2.18. The molecule has 0 radical (unpaired) electrons. The maximum atomic E-state index is 11.2. The minimum absolute atomic E-state index is 0.376. The molecular weight excluding hydrogens is 198 g/mol. The molecule has 0 atom stereocenters. The second kappa shape index (κ2) is 3.25. The van der Waals surface area contributed by atoms with Crippen LogP contribution in [0.15, 0.2) is 27.4 Å². The lowest BCUT2D eigenvalue weighted by Gasteiger charge is -1.98. The summed E-state index contributed by atoms with van der Waals surface area (Å²) in [6.45, 7) is 0. The summed E-state index contributed by atoms with van der Waals surface area (Å²) in [4.78, 5) is 22.4. The molecule has 0 saturated heterocycles. The largest absolute Gasteiger partial charge is 0.419 e. The standard InChI is InChI=1S/C9H9N3O3/c1-12-6-4-5(8(13)11-10)2-3-7(6)15-9(12)14/h2-4H,10H2,1H3,(H,11,13). The highest BCUT2D eigenvalue weighted by Gasteiger charge is 2.09. The van der Waals surface area contributed by atoms with Crippen molar-refractivity contribution in [2.24, 2.45) is 12.9 Å². The van der Waals surface area contributed by atoms with Crippen LogP contribution >= 0.6 is 0 Å². The summed E-state index contributed by atoms with van der Waals surface area (Å²) in [5.41, 5.74) is 3.39. The number of oxazole rings is 1. The van der Waals surface area contributed by atoms with Crippen LogP contribution in [-0.4, -0.2) is 10.5 Å². The van der Waals surface area contributed by atoms with Gasteiger partial charge in [0.25, 0.3) is 5.91 Å². The normalized spacial score (nSPS) is 10.5. The van der Waals surface area contributed by atoms with Gasteiger partial charge >= 0.3 is 5.76 Å². The molecule has 1 amide bonds. The third kappa shape index (κ3) is 1.40. The molecule has 2 aromatic rings. The zero-order chi connectivity index (χ0) is 11.0. The molecule has 0 aliphatic heterocycles. The maximum absolute atomic E-state index is 11.2. The molecule has 15 heavy (non-hydrogen) atoms.